The largest absolute Gasteiger partial charge is 0.342 e. The second kappa shape index (κ2) is 3.48. The molecule has 1 aliphatic carbocycles. The van der Waals surface area contributed by atoms with Crippen LogP contribution in [0, 0.1) is 5.92 Å². The summed E-state index contributed by atoms with van der Waals surface area (Å²) in [7, 11) is 0. The van der Waals surface area contributed by atoms with Crippen LogP contribution in [-0.2, 0) is 9.59 Å². The van der Waals surface area contributed by atoms with Crippen LogP contribution in [0.5, 0.6) is 0 Å². The van der Waals surface area contributed by atoms with E-state index in [-0.39, 0.29) is 18.1 Å². The zero-order valence-electron chi connectivity index (χ0n) is 7.79. The molecule has 0 bridgehead atoms. The Kier molecular flexibility index (Phi) is 2.34. The number of amides is 1. The highest BCUT2D eigenvalue weighted by molar-refractivity contribution is 6.00. The number of nitrogens with zero attached hydrogens (tertiary/aromatic N) is 1. The van der Waals surface area contributed by atoms with Crippen molar-refractivity contribution in [3.63, 3.8) is 0 Å². The van der Waals surface area contributed by atoms with Gasteiger partial charge in [-0.3, -0.25) is 9.59 Å². The van der Waals surface area contributed by atoms with E-state index in [1.165, 1.54) is 12.8 Å². The molecule has 3 nitrogen and oxygen atoms in total. The fourth-order valence-corrected chi connectivity index (χ4v) is 1.73. The minimum atomic E-state index is 0.0388. The molecule has 3 heteroatoms. The molecule has 1 amide bonds. The minimum Gasteiger partial charge on any atom is -0.342 e. The molecule has 13 heavy (non-hydrogen) atoms. The Morgan fingerprint density at radius 1 is 1.31 bits per heavy atom. The molecule has 0 N–H and O–H groups in total. The van der Waals surface area contributed by atoms with Crippen LogP contribution in [-0.4, -0.2) is 29.7 Å². The van der Waals surface area contributed by atoms with Crippen molar-refractivity contribution in [1.82, 2.24) is 4.90 Å². The summed E-state index contributed by atoms with van der Waals surface area (Å²) in [6, 6.07) is 0. The lowest BCUT2D eigenvalue weighted by Gasteiger charge is -2.25. The van der Waals surface area contributed by atoms with E-state index in [0.29, 0.717) is 13.0 Å². The SMILES string of the molecule is O=C1CCN(CCC2CC2)C(=O)C1. The van der Waals surface area contributed by atoms with E-state index >= 15 is 0 Å². The zero-order valence-corrected chi connectivity index (χ0v) is 7.79. The zero-order chi connectivity index (χ0) is 9.26. The molecule has 72 valence electrons. The van der Waals surface area contributed by atoms with Gasteiger partial charge in [-0.15, -0.1) is 0 Å². The quantitative estimate of drug-likeness (QED) is 0.608. The Morgan fingerprint density at radius 2 is 2.08 bits per heavy atom. The van der Waals surface area contributed by atoms with Crippen molar-refractivity contribution in [2.24, 2.45) is 5.92 Å². The van der Waals surface area contributed by atoms with Gasteiger partial charge in [-0.1, -0.05) is 12.8 Å². The number of hydrogen-bond donors (Lipinski definition) is 0. The van der Waals surface area contributed by atoms with Gasteiger partial charge in [0, 0.05) is 19.5 Å². The third kappa shape index (κ3) is 2.29. The van der Waals surface area contributed by atoms with Crippen LogP contribution in [0.2, 0.25) is 0 Å². The molecule has 0 unspecified atom stereocenters. The van der Waals surface area contributed by atoms with E-state index in [9.17, 15) is 9.59 Å². The van der Waals surface area contributed by atoms with Gasteiger partial charge in [-0.25, -0.2) is 0 Å². The standard InChI is InChI=1S/C10H15NO2/c12-9-4-6-11(10(13)7-9)5-3-8-1-2-8/h8H,1-7H2. The van der Waals surface area contributed by atoms with Gasteiger partial charge in [0.2, 0.25) is 5.91 Å². The number of likely N-dealkylation sites (tertiary alicyclic amines) is 1. The third-order valence-corrected chi connectivity index (χ3v) is 2.87. The molecule has 0 spiro atoms. The first-order valence-corrected chi connectivity index (χ1v) is 5.05. The predicted octanol–water partition coefficient (Wildman–Crippen LogP) is 0.978. The van der Waals surface area contributed by atoms with Crippen molar-refractivity contribution >= 4 is 11.7 Å². The molecule has 0 aromatic heterocycles. The van der Waals surface area contributed by atoms with E-state index in [4.69, 9.17) is 0 Å². The smallest absolute Gasteiger partial charge is 0.230 e. The first kappa shape index (κ1) is 8.73. The minimum absolute atomic E-state index is 0.0388. The lowest BCUT2D eigenvalue weighted by atomic mass is 10.1. The van der Waals surface area contributed by atoms with Crippen LogP contribution in [0.3, 0.4) is 0 Å². The highest BCUT2D eigenvalue weighted by atomic mass is 16.2. The summed E-state index contributed by atoms with van der Waals surface area (Å²) >= 11 is 0. The maximum atomic E-state index is 11.3. The number of carbonyl (C=O) groups excluding carboxylic acids is 2. The van der Waals surface area contributed by atoms with Crippen molar-refractivity contribution in [1.29, 1.82) is 0 Å². The van der Waals surface area contributed by atoms with Gasteiger partial charge in [-0.2, -0.15) is 0 Å². The fourth-order valence-electron chi connectivity index (χ4n) is 1.73. The number of piperidine rings is 1. The molecular formula is C10H15NO2. The summed E-state index contributed by atoms with van der Waals surface area (Å²) in [6.07, 6.45) is 4.52. The van der Waals surface area contributed by atoms with Crippen molar-refractivity contribution in [3.8, 4) is 0 Å². The summed E-state index contributed by atoms with van der Waals surface area (Å²) < 4.78 is 0. The molecule has 1 heterocycles. The third-order valence-electron chi connectivity index (χ3n) is 2.87. The summed E-state index contributed by atoms with van der Waals surface area (Å²) in [5.74, 6) is 1.01. The lowest BCUT2D eigenvalue weighted by Crippen LogP contribution is -2.39. The van der Waals surface area contributed by atoms with Gasteiger partial charge in [0.15, 0.2) is 0 Å². The molecule has 1 aliphatic heterocycles. The van der Waals surface area contributed by atoms with Gasteiger partial charge >= 0.3 is 0 Å². The first-order chi connectivity index (χ1) is 6.25. The van der Waals surface area contributed by atoms with Crippen molar-refractivity contribution in [2.75, 3.05) is 13.1 Å². The Hall–Kier alpha value is -0.860. The molecule has 0 aromatic rings. The van der Waals surface area contributed by atoms with Crippen LogP contribution >= 0.6 is 0 Å². The van der Waals surface area contributed by atoms with Gasteiger partial charge in [0.1, 0.15) is 5.78 Å². The highest BCUT2D eigenvalue weighted by Crippen LogP contribution is 2.32. The van der Waals surface area contributed by atoms with Crippen LogP contribution in [0.4, 0.5) is 0 Å². The summed E-state index contributed by atoms with van der Waals surface area (Å²) in [4.78, 5) is 24.1. The van der Waals surface area contributed by atoms with E-state index in [2.05, 4.69) is 0 Å². The Bertz CT molecular complexity index is 233. The molecule has 2 aliphatic rings. The van der Waals surface area contributed by atoms with Crippen molar-refractivity contribution < 1.29 is 9.59 Å². The topological polar surface area (TPSA) is 37.4 Å². The lowest BCUT2D eigenvalue weighted by molar-refractivity contribution is -0.139. The van der Waals surface area contributed by atoms with Gasteiger partial charge in [0.25, 0.3) is 0 Å². The van der Waals surface area contributed by atoms with Crippen molar-refractivity contribution in [2.45, 2.75) is 32.1 Å². The molecule has 0 aromatic carbocycles. The second-order valence-corrected chi connectivity index (χ2v) is 4.08. The Labute approximate surface area is 78.1 Å². The number of ketones is 1. The predicted molar refractivity (Wildman–Crippen MR) is 48.2 cm³/mol. The Balaban J connectivity index is 1.77. The first-order valence-electron chi connectivity index (χ1n) is 5.05. The van der Waals surface area contributed by atoms with Crippen LogP contribution in [0.15, 0.2) is 0 Å². The van der Waals surface area contributed by atoms with Crippen LogP contribution < -0.4 is 0 Å². The molecule has 0 atom stereocenters. The van der Waals surface area contributed by atoms with Crippen LogP contribution in [0.25, 0.3) is 0 Å². The molecule has 2 rings (SSSR count). The Morgan fingerprint density at radius 3 is 2.69 bits per heavy atom. The number of carbonyl (C=O) groups is 2. The molecular weight excluding hydrogens is 166 g/mol. The van der Waals surface area contributed by atoms with E-state index in [1.54, 1.807) is 0 Å². The maximum absolute atomic E-state index is 11.3. The van der Waals surface area contributed by atoms with E-state index in [1.807, 2.05) is 4.90 Å². The average Bonchev–Trinajstić information content (AvgIpc) is 2.86. The summed E-state index contributed by atoms with van der Waals surface area (Å²) in [5.41, 5.74) is 0. The molecule has 1 saturated heterocycles. The summed E-state index contributed by atoms with van der Waals surface area (Å²) in [5, 5.41) is 0. The highest BCUT2D eigenvalue weighted by Gasteiger charge is 2.26. The number of Topliss-reactive ketones (excluding diaryl/α,β-unsaturated/α-hetero) is 1. The molecule has 0 radical (unpaired) electrons. The summed E-state index contributed by atoms with van der Waals surface area (Å²) in [6.45, 7) is 1.53. The monoisotopic (exact) mass is 181 g/mol. The fraction of sp³-hybridized carbons (Fsp3) is 0.800. The van der Waals surface area contributed by atoms with Crippen molar-refractivity contribution in [3.05, 3.63) is 0 Å². The van der Waals surface area contributed by atoms with E-state index < -0.39 is 0 Å². The second-order valence-electron chi connectivity index (χ2n) is 4.08. The maximum Gasteiger partial charge on any atom is 0.230 e. The molecule has 1 saturated carbocycles. The average molecular weight is 181 g/mol. The van der Waals surface area contributed by atoms with Gasteiger partial charge < -0.3 is 4.90 Å². The number of rotatable bonds is 3. The van der Waals surface area contributed by atoms with Gasteiger partial charge in [-0.05, 0) is 12.3 Å². The van der Waals surface area contributed by atoms with Gasteiger partial charge in [0.05, 0.1) is 6.42 Å². The van der Waals surface area contributed by atoms with Crippen LogP contribution in [0.1, 0.15) is 32.1 Å². The molecule has 2 fully saturated rings. The number of hydrogen-bond acceptors (Lipinski definition) is 2. The van der Waals surface area contributed by atoms with E-state index in [0.717, 1.165) is 18.9 Å². The normalized spacial score (nSPS) is 23.8.